The molecule has 0 amide bonds. The van der Waals surface area contributed by atoms with Crippen molar-refractivity contribution in [3.8, 4) is 0 Å². The lowest BCUT2D eigenvalue weighted by Gasteiger charge is -2.14. The summed E-state index contributed by atoms with van der Waals surface area (Å²) in [6.07, 6.45) is 0. The van der Waals surface area contributed by atoms with Crippen molar-refractivity contribution in [3.63, 3.8) is 0 Å². The van der Waals surface area contributed by atoms with Gasteiger partial charge >= 0.3 is 5.97 Å². The summed E-state index contributed by atoms with van der Waals surface area (Å²) in [5.74, 6) is -0.243. The highest BCUT2D eigenvalue weighted by Gasteiger charge is 2.24. The number of benzene rings is 3. The quantitative estimate of drug-likeness (QED) is 0.352. The van der Waals surface area contributed by atoms with Gasteiger partial charge in [0.1, 0.15) is 11.5 Å². The molecule has 0 spiro atoms. The zero-order chi connectivity index (χ0) is 22.7. The van der Waals surface area contributed by atoms with Gasteiger partial charge in [-0.3, -0.25) is 0 Å². The fourth-order valence-corrected chi connectivity index (χ4v) is 4.26. The van der Waals surface area contributed by atoms with E-state index in [2.05, 4.69) is 43.4 Å². The Bertz CT molecular complexity index is 1250. The zero-order valence-corrected chi connectivity index (χ0v) is 18.8. The van der Waals surface area contributed by atoms with Crippen LogP contribution in [0.3, 0.4) is 0 Å². The number of carbonyl (C=O) groups is 1. The lowest BCUT2D eigenvalue weighted by molar-refractivity contribution is 0.0513. The Balaban J connectivity index is 1.89. The standard InChI is InChI=1S/C27H29FN2O2/c1-4-32-27(31)26-24(16-29-15-18(2)3)23-14-21(28)12-13-25(23)30(26)17-20-10-7-9-19-8-5-6-11-22(19)20/h5-14,18,29H,4,15-17H2,1-3H3. The molecular weight excluding hydrogens is 403 g/mol. The molecule has 166 valence electrons. The van der Waals surface area contributed by atoms with Crippen molar-refractivity contribution in [1.82, 2.24) is 9.88 Å². The van der Waals surface area contributed by atoms with E-state index in [4.69, 9.17) is 4.74 Å². The molecular formula is C27H29FN2O2. The Labute approximate surface area is 188 Å². The molecule has 0 aliphatic carbocycles. The maximum Gasteiger partial charge on any atom is 0.355 e. The highest BCUT2D eigenvalue weighted by Crippen LogP contribution is 2.30. The molecule has 4 nitrogen and oxygen atoms in total. The van der Waals surface area contributed by atoms with Gasteiger partial charge in [0.2, 0.25) is 0 Å². The first-order valence-corrected chi connectivity index (χ1v) is 11.1. The van der Waals surface area contributed by atoms with Crippen LogP contribution in [0.2, 0.25) is 0 Å². The number of aromatic nitrogens is 1. The molecule has 0 unspecified atom stereocenters. The van der Waals surface area contributed by atoms with Gasteiger partial charge in [-0.15, -0.1) is 0 Å². The fraction of sp³-hybridized carbons (Fsp3) is 0.296. The van der Waals surface area contributed by atoms with Crippen molar-refractivity contribution in [2.24, 2.45) is 5.92 Å². The molecule has 5 heteroatoms. The number of esters is 1. The average molecular weight is 433 g/mol. The number of hydrogen-bond donors (Lipinski definition) is 1. The molecule has 4 aromatic rings. The average Bonchev–Trinajstić information content (AvgIpc) is 3.06. The van der Waals surface area contributed by atoms with Crippen LogP contribution in [0, 0.1) is 11.7 Å². The third kappa shape index (κ3) is 4.39. The molecule has 3 aromatic carbocycles. The normalized spacial score (nSPS) is 11.5. The Kier molecular flexibility index (Phi) is 6.56. The molecule has 0 radical (unpaired) electrons. The third-order valence-corrected chi connectivity index (χ3v) is 5.66. The summed E-state index contributed by atoms with van der Waals surface area (Å²) in [4.78, 5) is 13.1. The van der Waals surface area contributed by atoms with E-state index in [-0.39, 0.29) is 18.4 Å². The number of halogens is 1. The SMILES string of the molecule is CCOC(=O)c1c(CNCC(C)C)c2cc(F)ccc2n1Cc1cccc2ccccc12. The van der Waals surface area contributed by atoms with Crippen LogP contribution in [0.15, 0.2) is 60.7 Å². The maximum absolute atomic E-state index is 14.2. The van der Waals surface area contributed by atoms with Gasteiger partial charge in [0.15, 0.2) is 0 Å². The van der Waals surface area contributed by atoms with Gasteiger partial charge in [-0.1, -0.05) is 56.3 Å². The Morgan fingerprint density at radius 3 is 2.62 bits per heavy atom. The number of nitrogens with zero attached hydrogens (tertiary/aromatic N) is 1. The molecule has 4 rings (SSSR count). The van der Waals surface area contributed by atoms with E-state index in [9.17, 15) is 9.18 Å². The summed E-state index contributed by atoms with van der Waals surface area (Å²) in [7, 11) is 0. The Morgan fingerprint density at radius 1 is 1.06 bits per heavy atom. The minimum absolute atomic E-state index is 0.280. The van der Waals surface area contributed by atoms with Crippen LogP contribution in [-0.2, 0) is 17.8 Å². The van der Waals surface area contributed by atoms with E-state index in [1.54, 1.807) is 13.0 Å². The van der Waals surface area contributed by atoms with Crippen LogP contribution < -0.4 is 5.32 Å². The molecule has 0 bridgehead atoms. The number of nitrogens with one attached hydrogen (secondary N) is 1. The number of fused-ring (bicyclic) bond motifs is 2. The predicted molar refractivity (Wildman–Crippen MR) is 127 cm³/mol. The highest BCUT2D eigenvalue weighted by atomic mass is 19.1. The minimum Gasteiger partial charge on any atom is -0.461 e. The van der Waals surface area contributed by atoms with E-state index < -0.39 is 0 Å². The summed E-state index contributed by atoms with van der Waals surface area (Å²) in [5.41, 5.74) is 3.18. The molecule has 0 saturated heterocycles. The van der Waals surface area contributed by atoms with Gasteiger partial charge in [-0.05, 0) is 53.9 Å². The topological polar surface area (TPSA) is 43.3 Å². The number of hydrogen-bond acceptors (Lipinski definition) is 3. The highest BCUT2D eigenvalue weighted by molar-refractivity contribution is 5.99. The van der Waals surface area contributed by atoms with Gasteiger partial charge < -0.3 is 14.6 Å². The molecule has 0 fully saturated rings. The second kappa shape index (κ2) is 9.53. The van der Waals surface area contributed by atoms with Crippen LogP contribution in [0.4, 0.5) is 4.39 Å². The van der Waals surface area contributed by atoms with Crippen molar-refractivity contribution < 1.29 is 13.9 Å². The van der Waals surface area contributed by atoms with Crippen molar-refractivity contribution in [2.45, 2.75) is 33.9 Å². The zero-order valence-electron chi connectivity index (χ0n) is 18.8. The first-order valence-electron chi connectivity index (χ1n) is 11.1. The van der Waals surface area contributed by atoms with Crippen LogP contribution in [-0.4, -0.2) is 23.7 Å². The lowest BCUT2D eigenvalue weighted by atomic mass is 10.0. The molecule has 1 N–H and O–H groups in total. The van der Waals surface area contributed by atoms with Crippen LogP contribution in [0.25, 0.3) is 21.7 Å². The first kappa shape index (κ1) is 22.0. The van der Waals surface area contributed by atoms with Gasteiger partial charge in [-0.25, -0.2) is 9.18 Å². The lowest BCUT2D eigenvalue weighted by Crippen LogP contribution is -2.22. The summed E-state index contributed by atoms with van der Waals surface area (Å²) in [6.45, 7) is 8.09. The molecule has 0 aliphatic heterocycles. The summed E-state index contributed by atoms with van der Waals surface area (Å²) < 4.78 is 21.7. The fourth-order valence-electron chi connectivity index (χ4n) is 4.26. The van der Waals surface area contributed by atoms with Crippen LogP contribution in [0.1, 0.15) is 42.4 Å². The second-order valence-corrected chi connectivity index (χ2v) is 8.46. The molecule has 32 heavy (non-hydrogen) atoms. The van der Waals surface area contributed by atoms with Crippen molar-refractivity contribution in [3.05, 3.63) is 83.3 Å². The maximum atomic E-state index is 14.2. The summed E-state index contributed by atoms with van der Waals surface area (Å²) in [6, 6.07) is 19.1. The van der Waals surface area contributed by atoms with Gasteiger partial charge in [0.25, 0.3) is 0 Å². The molecule has 1 heterocycles. The van der Waals surface area contributed by atoms with Crippen molar-refractivity contribution in [2.75, 3.05) is 13.2 Å². The molecule has 0 atom stereocenters. The van der Waals surface area contributed by atoms with E-state index in [0.717, 1.165) is 39.3 Å². The number of rotatable bonds is 8. The van der Waals surface area contributed by atoms with Crippen LogP contribution >= 0.6 is 0 Å². The number of ether oxygens (including phenoxy) is 1. The first-order chi connectivity index (χ1) is 15.5. The van der Waals surface area contributed by atoms with E-state index >= 15 is 0 Å². The van der Waals surface area contributed by atoms with Crippen molar-refractivity contribution in [1.29, 1.82) is 0 Å². The molecule has 0 saturated carbocycles. The summed E-state index contributed by atoms with van der Waals surface area (Å²) >= 11 is 0. The predicted octanol–water partition coefficient (Wildman–Crippen LogP) is 5.90. The van der Waals surface area contributed by atoms with Gasteiger partial charge in [0, 0.05) is 29.6 Å². The Morgan fingerprint density at radius 2 is 1.84 bits per heavy atom. The molecule has 0 aliphatic rings. The van der Waals surface area contributed by atoms with Crippen molar-refractivity contribution >= 4 is 27.6 Å². The summed E-state index contributed by atoms with van der Waals surface area (Å²) in [5, 5.41) is 6.43. The minimum atomic E-state index is -0.384. The van der Waals surface area contributed by atoms with Crippen LogP contribution in [0.5, 0.6) is 0 Å². The second-order valence-electron chi connectivity index (χ2n) is 8.46. The Hall–Kier alpha value is -3.18. The van der Waals surface area contributed by atoms with Gasteiger partial charge in [0.05, 0.1) is 6.61 Å². The third-order valence-electron chi connectivity index (χ3n) is 5.66. The monoisotopic (exact) mass is 432 g/mol. The van der Waals surface area contributed by atoms with Gasteiger partial charge in [-0.2, -0.15) is 0 Å². The van der Waals surface area contributed by atoms with E-state index in [1.807, 2.05) is 22.8 Å². The van der Waals surface area contributed by atoms with E-state index in [1.165, 1.54) is 12.1 Å². The smallest absolute Gasteiger partial charge is 0.355 e. The largest absolute Gasteiger partial charge is 0.461 e. The van der Waals surface area contributed by atoms with E-state index in [0.29, 0.717) is 24.7 Å². The number of carbonyl (C=O) groups excluding carboxylic acids is 1. The molecule has 1 aromatic heterocycles.